The molecule has 0 saturated carbocycles. The Kier molecular flexibility index (Phi) is 4.72. The second-order valence-electron chi connectivity index (χ2n) is 7.07. The van der Waals surface area contributed by atoms with Crippen LogP contribution in [-0.2, 0) is 17.7 Å². The number of halogens is 1. The van der Waals surface area contributed by atoms with Gasteiger partial charge in [-0.05, 0) is 38.5 Å². The zero-order valence-corrected chi connectivity index (χ0v) is 16.0. The number of rotatable bonds is 4. The molecule has 1 aromatic carbocycles. The fraction of sp³-hybridized carbons (Fsp3) is 0.350. The summed E-state index contributed by atoms with van der Waals surface area (Å²) in [5.41, 5.74) is 3.20. The summed E-state index contributed by atoms with van der Waals surface area (Å²) < 4.78 is 21.9. The lowest BCUT2D eigenvalue weighted by atomic mass is 9.99. The van der Waals surface area contributed by atoms with Gasteiger partial charge in [-0.3, -0.25) is 9.89 Å². The highest BCUT2D eigenvalue weighted by atomic mass is 19.1. The topological polar surface area (TPSA) is 84.8 Å². The molecule has 0 unspecified atom stereocenters. The van der Waals surface area contributed by atoms with Crippen LogP contribution in [0.4, 0.5) is 4.39 Å². The minimum absolute atomic E-state index is 0.0277. The smallest absolute Gasteiger partial charge is 0.272 e. The maximum Gasteiger partial charge on any atom is 0.272 e. The van der Waals surface area contributed by atoms with Crippen LogP contribution < -0.4 is 5.32 Å². The van der Waals surface area contributed by atoms with Crippen molar-refractivity contribution in [2.24, 2.45) is 0 Å². The third kappa shape index (κ3) is 3.31. The Hall–Kier alpha value is -3.00. The Bertz CT molecular complexity index is 1030. The second-order valence-corrected chi connectivity index (χ2v) is 7.07. The molecule has 1 aliphatic heterocycles. The molecule has 0 saturated heterocycles. The summed E-state index contributed by atoms with van der Waals surface area (Å²) in [7, 11) is 0. The molecule has 0 aliphatic carbocycles. The van der Waals surface area contributed by atoms with Crippen molar-refractivity contribution in [3.8, 4) is 5.69 Å². The Balaban J connectivity index is 1.48. The third-order valence-electron chi connectivity index (χ3n) is 5.00. The maximum atomic E-state index is 14.5. The summed E-state index contributed by atoms with van der Waals surface area (Å²) in [6, 6.07) is 4.89. The van der Waals surface area contributed by atoms with Crippen LogP contribution in [0.25, 0.3) is 5.69 Å². The highest BCUT2D eigenvalue weighted by Crippen LogP contribution is 2.30. The molecule has 1 amide bonds. The number of aromatic nitrogens is 4. The summed E-state index contributed by atoms with van der Waals surface area (Å²) >= 11 is 0. The van der Waals surface area contributed by atoms with E-state index in [-0.39, 0.29) is 30.5 Å². The van der Waals surface area contributed by atoms with Crippen LogP contribution >= 0.6 is 0 Å². The lowest BCUT2D eigenvalue weighted by molar-refractivity contribution is -0.00697. The molecule has 0 bridgehead atoms. The van der Waals surface area contributed by atoms with E-state index in [0.717, 1.165) is 11.3 Å². The van der Waals surface area contributed by atoms with E-state index in [1.807, 2.05) is 20.8 Å². The quantitative estimate of drug-likeness (QED) is 0.725. The van der Waals surface area contributed by atoms with Gasteiger partial charge in [0.2, 0.25) is 0 Å². The zero-order valence-electron chi connectivity index (χ0n) is 16.0. The number of amides is 1. The van der Waals surface area contributed by atoms with Crippen molar-refractivity contribution in [3.63, 3.8) is 0 Å². The molecule has 146 valence electrons. The van der Waals surface area contributed by atoms with E-state index in [9.17, 15) is 9.18 Å². The normalized spacial score (nSPS) is 18.7. The summed E-state index contributed by atoms with van der Waals surface area (Å²) in [4.78, 5) is 16.7. The van der Waals surface area contributed by atoms with Crippen LogP contribution in [0.15, 0.2) is 30.6 Å². The van der Waals surface area contributed by atoms with E-state index in [4.69, 9.17) is 4.74 Å². The van der Waals surface area contributed by atoms with Gasteiger partial charge in [-0.15, -0.1) is 0 Å². The number of nitrogens with one attached hydrogen (secondary N) is 2. The van der Waals surface area contributed by atoms with Crippen molar-refractivity contribution in [2.45, 2.75) is 45.9 Å². The predicted octanol–water partition coefficient (Wildman–Crippen LogP) is 3.00. The van der Waals surface area contributed by atoms with Crippen LogP contribution in [0.2, 0.25) is 0 Å². The van der Waals surface area contributed by atoms with Crippen LogP contribution in [0.5, 0.6) is 0 Å². The van der Waals surface area contributed by atoms with Crippen molar-refractivity contribution in [2.75, 3.05) is 0 Å². The minimum Gasteiger partial charge on any atom is -0.369 e. The number of fused-ring (bicyclic) bond motifs is 1. The molecule has 0 radical (unpaired) electrons. The molecule has 1 aliphatic rings. The molecule has 7 nitrogen and oxygen atoms in total. The lowest BCUT2D eigenvalue weighted by Gasteiger charge is -2.25. The van der Waals surface area contributed by atoms with Crippen molar-refractivity contribution >= 4 is 5.91 Å². The number of carbonyl (C=O) groups is 1. The Morgan fingerprint density at radius 2 is 2.25 bits per heavy atom. The summed E-state index contributed by atoms with van der Waals surface area (Å²) in [5, 5.41) is 9.90. The molecule has 3 heterocycles. The highest BCUT2D eigenvalue weighted by molar-refractivity contribution is 5.94. The number of benzene rings is 1. The van der Waals surface area contributed by atoms with Gasteiger partial charge in [0, 0.05) is 30.9 Å². The van der Waals surface area contributed by atoms with E-state index in [1.165, 1.54) is 6.07 Å². The van der Waals surface area contributed by atoms with Gasteiger partial charge >= 0.3 is 0 Å². The van der Waals surface area contributed by atoms with Crippen LogP contribution in [-0.4, -0.2) is 31.8 Å². The lowest BCUT2D eigenvalue weighted by Crippen LogP contribution is -2.27. The first-order chi connectivity index (χ1) is 13.4. The van der Waals surface area contributed by atoms with Crippen molar-refractivity contribution < 1.29 is 13.9 Å². The van der Waals surface area contributed by atoms with E-state index >= 15 is 0 Å². The first-order valence-corrected chi connectivity index (χ1v) is 9.23. The molecular weight excluding hydrogens is 361 g/mol. The van der Waals surface area contributed by atoms with Gasteiger partial charge in [0.15, 0.2) is 5.69 Å². The van der Waals surface area contributed by atoms with Gasteiger partial charge in [0.25, 0.3) is 5.91 Å². The number of H-pyrrole nitrogens is 1. The summed E-state index contributed by atoms with van der Waals surface area (Å²) in [6.07, 6.45) is 3.87. The Morgan fingerprint density at radius 3 is 2.96 bits per heavy atom. The van der Waals surface area contributed by atoms with E-state index < -0.39 is 0 Å². The van der Waals surface area contributed by atoms with Crippen molar-refractivity contribution in [3.05, 3.63) is 64.7 Å². The largest absolute Gasteiger partial charge is 0.369 e. The maximum absolute atomic E-state index is 14.5. The predicted molar refractivity (Wildman–Crippen MR) is 101 cm³/mol. The monoisotopic (exact) mass is 383 g/mol. The van der Waals surface area contributed by atoms with Crippen LogP contribution in [0.3, 0.4) is 0 Å². The molecule has 4 rings (SSSR count). The summed E-state index contributed by atoms with van der Waals surface area (Å²) in [6.45, 7) is 5.92. The van der Waals surface area contributed by atoms with Gasteiger partial charge in [0.05, 0.1) is 23.6 Å². The van der Waals surface area contributed by atoms with Gasteiger partial charge in [-0.25, -0.2) is 9.37 Å². The van der Waals surface area contributed by atoms with Gasteiger partial charge in [-0.2, -0.15) is 5.10 Å². The Morgan fingerprint density at radius 1 is 1.43 bits per heavy atom. The Labute approximate surface area is 161 Å². The van der Waals surface area contributed by atoms with E-state index in [0.29, 0.717) is 29.2 Å². The molecule has 3 aromatic rings. The first-order valence-electron chi connectivity index (χ1n) is 9.23. The summed E-state index contributed by atoms with van der Waals surface area (Å²) in [5.74, 6) is 0.0502. The molecule has 8 heteroatoms. The molecule has 0 spiro atoms. The SMILES string of the molecule is Cc1nccn1-c1ccc(CNC(=O)c2n[nH]c3c2C[C@@H](C)O[C@H]3C)cc1F. The van der Waals surface area contributed by atoms with E-state index in [2.05, 4.69) is 20.5 Å². The minimum atomic E-state index is -0.371. The average molecular weight is 383 g/mol. The molecule has 28 heavy (non-hydrogen) atoms. The van der Waals surface area contributed by atoms with Crippen LogP contribution in [0, 0.1) is 12.7 Å². The van der Waals surface area contributed by atoms with Gasteiger partial charge in [-0.1, -0.05) is 6.07 Å². The number of ether oxygens (including phenoxy) is 1. The number of nitrogens with zero attached hydrogens (tertiary/aromatic N) is 3. The molecule has 0 fully saturated rings. The fourth-order valence-corrected chi connectivity index (χ4v) is 3.62. The van der Waals surface area contributed by atoms with Crippen molar-refractivity contribution in [1.82, 2.24) is 25.1 Å². The van der Waals surface area contributed by atoms with Crippen molar-refractivity contribution in [1.29, 1.82) is 0 Å². The third-order valence-corrected chi connectivity index (χ3v) is 5.00. The number of hydrogen-bond donors (Lipinski definition) is 2. The molecule has 2 atom stereocenters. The van der Waals surface area contributed by atoms with Gasteiger partial charge < -0.3 is 14.6 Å². The van der Waals surface area contributed by atoms with Gasteiger partial charge in [0.1, 0.15) is 11.6 Å². The molecule has 2 aromatic heterocycles. The average Bonchev–Trinajstić information content (AvgIpc) is 3.26. The fourth-order valence-electron chi connectivity index (χ4n) is 3.62. The molecular formula is C20H22FN5O2. The number of carbonyl (C=O) groups excluding carboxylic acids is 1. The standard InChI is InChI=1S/C20H22FN5O2/c1-11-8-15-18(12(2)28-11)24-25-19(15)20(27)23-10-14-4-5-17(16(21)9-14)26-7-6-22-13(26)3/h4-7,9,11-12H,8,10H2,1-3H3,(H,23,27)(H,24,25)/t11-,12+/m1/s1. The molecule has 2 N–H and O–H groups in total. The second kappa shape index (κ2) is 7.20. The first kappa shape index (κ1) is 18.4. The number of imidazole rings is 1. The van der Waals surface area contributed by atoms with E-state index in [1.54, 1.807) is 29.1 Å². The van der Waals surface area contributed by atoms with Crippen LogP contribution in [0.1, 0.15) is 53.1 Å². The number of aryl methyl sites for hydroxylation is 1. The highest BCUT2D eigenvalue weighted by Gasteiger charge is 2.29. The number of hydrogen-bond acceptors (Lipinski definition) is 4. The number of aromatic amines is 1. The zero-order chi connectivity index (χ0) is 19.8.